The van der Waals surface area contributed by atoms with Crippen molar-refractivity contribution in [1.82, 2.24) is 4.31 Å². The van der Waals surface area contributed by atoms with Gasteiger partial charge in [0.25, 0.3) is 0 Å². The van der Waals surface area contributed by atoms with E-state index in [-0.39, 0.29) is 5.25 Å². The lowest BCUT2D eigenvalue weighted by Gasteiger charge is -2.19. The monoisotopic (exact) mass is 221 g/mol. The van der Waals surface area contributed by atoms with E-state index in [4.69, 9.17) is 5.11 Å². The van der Waals surface area contributed by atoms with Gasteiger partial charge in [-0.3, -0.25) is 4.79 Å². The summed E-state index contributed by atoms with van der Waals surface area (Å²) in [6.07, 6.45) is 3.16. The van der Waals surface area contributed by atoms with Crippen molar-refractivity contribution in [3.63, 3.8) is 0 Å². The molecule has 0 spiro atoms. The molecule has 1 rings (SSSR count). The van der Waals surface area contributed by atoms with Crippen LogP contribution in [0.25, 0.3) is 0 Å². The molecule has 1 N–H and O–H groups in total. The average Bonchev–Trinajstić information content (AvgIpc) is 2.54. The van der Waals surface area contributed by atoms with Crippen molar-refractivity contribution in [2.45, 2.75) is 30.9 Å². The first-order valence-corrected chi connectivity index (χ1v) is 6.12. The highest BCUT2D eigenvalue weighted by Gasteiger charge is 2.32. The lowest BCUT2D eigenvalue weighted by atomic mass is 10.4. The van der Waals surface area contributed by atoms with Gasteiger partial charge in [-0.25, -0.2) is 8.42 Å². The van der Waals surface area contributed by atoms with Crippen LogP contribution in [0, 0.1) is 0 Å². The minimum absolute atomic E-state index is 0.369. The van der Waals surface area contributed by atoms with Crippen LogP contribution in [0.3, 0.4) is 0 Å². The van der Waals surface area contributed by atoms with E-state index in [9.17, 15) is 13.2 Å². The Kier molecular flexibility index (Phi) is 3.49. The van der Waals surface area contributed by atoms with E-state index >= 15 is 0 Å². The zero-order chi connectivity index (χ0) is 10.8. The number of rotatable bonds is 4. The highest BCUT2D eigenvalue weighted by molar-refractivity contribution is 7.89. The lowest BCUT2D eigenvalue weighted by Crippen LogP contribution is -2.37. The van der Waals surface area contributed by atoms with Gasteiger partial charge in [-0.2, -0.15) is 4.31 Å². The maximum atomic E-state index is 11.7. The van der Waals surface area contributed by atoms with E-state index in [2.05, 4.69) is 0 Å². The summed E-state index contributed by atoms with van der Waals surface area (Å²) >= 11 is 0. The van der Waals surface area contributed by atoms with Crippen LogP contribution in [0.15, 0.2) is 0 Å². The largest absolute Gasteiger partial charge is 0.480 e. The lowest BCUT2D eigenvalue weighted by molar-refractivity contribution is -0.137. The molecule has 5 nitrogen and oxygen atoms in total. The van der Waals surface area contributed by atoms with Crippen molar-refractivity contribution in [3.8, 4) is 0 Å². The van der Waals surface area contributed by atoms with Crippen molar-refractivity contribution in [3.05, 3.63) is 0 Å². The van der Waals surface area contributed by atoms with Crippen LogP contribution in [-0.4, -0.2) is 42.6 Å². The fourth-order valence-electron chi connectivity index (χ4n) is 1.72. The molecule has 14 heavy (non-hydrogen) atoms. The van der Waals surface area contributed by atoms with Gasteiger partial charge >= 0.3 is 5.97 Å². The van der Waals surface area contributed by atoms with Crippen LogP contribution >= 0.6 is 0 Å². The molecule has 1 fully saturated rings. The summed E-state index contributed by atoms with van der Waals surface area (Å²) < 4.78 is 24.4. The molecule has 0 heterocycles. The number of sulfonamides is 1. The topological polar surface area (TPSA) is 74.7 Å². The summed E-state index contributed by atoms with van der Waals surface area (Å²) in [7, 11) is -2.06. The summed E-state index contributed by atoms with van der Waals surface area (Å²) in [5, 5.41) is 8.12. The van der Waals surface area contributed by atoms with Gasteiger partial charge in [0.15, 0.2) is 0 Å². The van der Waals surface area contributed by atoms with Gasteiger partial charge in [-0.1, -0.05) is 12.8 Å². The van der Waals surface area contributed by atoms with E-state index in [0.29, 0.717) is 12.8 Å². The third-order valence-electron chi connectivity index (χ3n) is 2.52. The summed E-state index contributed by atoms with van der Waals surface area (Å²) in [5.41, 5.74) is 0. The summed E-state index contributed by atoms with van der Waals surface area (Å²) in [6.45, 7) is -0.446. The Balaban J connectivity index is 2.68. The average molecular weight is 221 g/mol. The fourth-order valence-corrected chi connectivity index (χ4v) is 3.45. The molecule has 0 atom stereocenters. The molecule has 0 aliphatic heterocycles. The number of hydrogen-bond donors (Lipinski definition) is 1. The molecule has 1 aliphatic rings. The highest BCUT2D eigenvalue weighted by atomic mass is 32.2. The van der Waals surface area contributed by atoms with Crippen molar-refractivity contribution in [2.75, 3.05) is 13.6 Å². The first kappa shape index (κ1) is 11.5. The molecule has 82 valence electrons. The smallest absolute Gasteiger partial charge is 0.318 e. The van der Waals surface area contributed by atoms with Gasteiger partial charge in [-0.05, 0) is 12.8 Å². The molecule has 0 unspecified atom stereocenters. The first-order valence-electron chi connectivity index (χ1n) is 4.61. The number of aliphatic carboxylic acids is 1. The quantitative estimate of drug-likeness (QED) is 0.739. The van der Waals surface area contributed by atoms with Crippen molar-refractivity contribution < 1.29 is 18.3 Å². The van der Waals surface area contributed by atoms with Crippen LogP contribution in [0.4, 0.5) is 0 Å². The Bertz CT molecular complexity index is 305. The van der Waals surface area contributed by atoms with Gasteiger partial charge in [0.1, 0.15) is 6.54 Å². The normalized spacial score (nSPS) is 19.0. The predicted molar refractivity (Wildman–Crippen MR) is 51.4 cm³/mol. The van der Waals surface area contributed by atoms with E-state index in [1.54, 1.807) is 0 Å². The van der Waals surface area contributed by atoms with Crippen molar-refractivity contribution in [2.24, 2.45) is 0 Å². The second-order valence-corrected chi connectivity index (χ2v) is 5.92. The number of likely N-dealkylation sites (N-methyl/N-ethyl adjacent to an activating group) is 1. The van der Waals surface area contributed by atoms with Gasteiger partial charge in [0.2, 0.25) is 10.0 Å². The summed E-state index contributed by atoms with van der Waals surface area (Å²) in [5.74, 6) is -1.12. The molecule has 0 radical (unpaired) electrons. The maximum absolute atomic E-state index is 11.7. The first-order chi connectivity index (χ1) is 6.44. The minimum atomic E-state index is -3.38. The predicted octanol–water partition coefficient (Wildman–Crippen LogP) is 0.275. The second kappa shape index (κ2) is 4.27. The van der Waals surface area contributed by atoms with E-state index in [1.807, 2.05) is 0 Å². The molecule has 0 aromatic rings. The standard InChI is InChI=1S/C8H15NO4S/c1-9(6-8(10)11)14(12,13)7-4-2-3-5-7/h7H,2-6H2,1H3,(H,10,11). The SMILES string of the molecule is CN(CC(=O)O)S(=O)(=O)C1CCCC1. The number of carbonyl (C=O) groups is 1. The summed E-state index contributed by atoms with van der Waals surface area (Å²) in [4.78, 5) is 10.4. The van der Waals surface area contributed by atoms with E-state index in [1.165, 1.54) is 7.05 Å². The fraction of sp³-hybridized carbons (Fsp3) is 0.875. The van der Waals surface area contributed by atoms with Crippen molar-refractivity contribution >= 4 is 16.0 Å². The molecule has 0 aromatic carbocycles. The van der Waals surface area contributed by atoms with Gasteiger partial charge < -0.3 is 5.11 Å². The summed E-state index contributed by atoms with van der Waals surface area (Å²) in [6, 6.07) is 0. The van der Waals surface area contributed by atoms with Gasteiger partial charge in [0, 0.05) is 7.05 Å². The third-order valence-corrected chi connectivity index (χ3v) is 4.83. The second-order valence-electron chi connectivity index (χ2n) is 3.60. The third kappa shape index (κ3) is 2.45. The molecule has 0 aromatic heterocycles. The Morgan fingerprint density at radius 1 is 1.43 bits per heavy atom. The van der Waals surface area contributed by atoms with Crippen LogP contribution in [-0.2, 0) is 14.8 Å². The van der Waals surface area contributed by atoms with Crippen LogP contribution in [0.1, 0.15) is 25.7 Å². The number of carboxylic acid groups (broad SMARTS) is 1. The molecule has 0 amide bonds. The minimum Gasteiger partial charge on any atom is -0.480 e. The van der Waals surface area contributed by atoms with Crippen LogP contribution in [0.2, 0.25) is 0 Å². The highest BCUT2D eigenvalue weighted by Crippen LogP contribution is 2.26. The Morgan fingerprint density at radius 3 is 2.36 bits per heavy atom. The maximum Gasteiger partial charge on any atom is 0.318 e. The molecule has 6 heteroatoms. The molecular weight excluding hydrogens is 206 g/mol. The van der Waals surface area contributed by atoms with Crippen molar-refractivity contribution in [1.29, 1.82) is 0 Å². The zero-order valence-corrected chi connectivity index (χ0v) is 8.96. The van der Waals surface area contributed by atoms with E-state index < -0.39 is 22.5 Å². The van der Waals surface area contributed by atoms with Gasteiger partial charge in [-0.15, -0.1) is 0 Å². The van der Waals surface area contributed by atoms with Crippen LogP contribution in [0.5, 0.6) is 0 Å². The van der Waals surface area contributed by atoms with Gasteiger partial charge in [0.05, 0.1) is 5.25 Å². The zero-order valence-electron chi connectivity index (χ0n) is 8.14. The molecule has 1 aliphatic carbocycles. The van der Waals surface area contributed by atoms with Crippen LogP contribution < -0.4 is 0 Å². The molecular formula is C8H15NO4S. The molecule has 0 saturated heterocycles. The number of carboxylic acids is 1. The Labute approximate surface area is 83.8 Å². The number of nitrogens with zero attached hydrogens (tertiary/aromatic N) is 1. The Morgan fingerprint density at radius 2 is 1.93 bits per heavy atom. The molecule has 1 saturated carbocycles. The molecule has 0 bridgehead atoms. The Hall–Kier alpha value is -0.620. The number of hydrogen-bond acceptors (Lipinski definition) is 3. The van der Waals surface area contributed by atoms with E-state index in [0.717, 1.165) is 17.1 Å².